The zero-order valence-electron chi connectivity index (χ0n) is 9.90. The van der Waals surface area contributed by atoms with E-state index in [0.717, 1.165) is 4.90 Å². The van der Waals surface area contributed by atoms with E-state index in [1.807, 2.05) is 6.92 Å². The number of alkyl halides is 3. The number of nitrogens with zero attached hydrogens (tertiary/aromatic N) is 1. The van der Waals surface area contributed by atoms with Gasteiger partial charge >= 0.3 is 6.18 Å². The summed E-state index contributed by atoms with van der Waals surface area (Å²) in [6.07, 6.45) is -4.23. The largest absolute Gasteiger partial charge is 0.406 e. The summed E-state index contributed by atoms with van der Waals surface area (Å²) in [6, 6.07) is -0.0974. The van der Waals surface area contributed by atoms with Crippen LogP contribution in [0, 0.1) is 0 Å². The summed E-state index contributed by atoms with van der Waals surface area (Å²) >= 11 is 0. The molecule has 0 saturated carbocycles. The average molecular weight is 240 g/mol. The van der Waals surface area contributed by atoms with Crippen LogP contribution >= 0.6 is 0 Å². The number of carbonyl (C=O) groups excluding carboxylic acids is 1. The molecule has 16 heavy (non-hydrogen) atoms. The van der Waals surface area contributed by atoms with Crippen LogP contribution in [0.4, 0.5) is 13.2 Å². The lowest BCUT2D eigenvalue weighted by Gasteiger charge is -2.24. The zero-order valence-corrected chi connectivity index (χ0v) is 9.90. The van der Waals surface area contributed by atoms with Crippen LogP contribution in [0.5, 0.6) is 0 Å². The van der Waals surface area contributed by atoms with E-state index in [2.05, 4.69) is 5.32 Å². The molecule has 1 atom stereocenters. The lowest BCUT2D eigenvalue weighted by molar-refractivity contribution is -0.161. The summed E-state index contributed by atoms with van der Waals surface area (Å²) in [5, 5.41) is 2.99. The molecule has 6 heteroatoms. The van der Waals surface area contributed by atoms with Crippen molar-refractivity contribution in [1.29, 1.82) is 0 Å². The molecule has 0 aromatic heterocycles. The molecule has 0 aromatic carbocycles. The average Bonchev–Trinajstić information content (AvgIpc) is 2.12. The van der Waals surface area contributed by atoms with Crippen LogP contribution in [0.15, 0.2) is 0 Å². The first-order chi connectivity index (χ1) is 7.30. The number of hydrogen-bond acceptors (Lipinski definition) is 2. The van der Waals surface area contributed by atoms with Gasteiger partial charge in [-0.2, -0.15) is 13.2 Å². The van der Waals surface area contributed by atoms with Gasteiger partial charge in [0.25, 0.3) is 0 Å². The maximum Gasteiger partial charge on any atom is 0.406 e. The molecule has 1 unspecified atom stereocenters. The first-order valence-corrected chi connectivity index (χ1v) is 5.38. The second-order valence-corrected chi connectivity index (χ2v) is 3.69. The van der Waals surface area contributed by atoms with E-state index in [0.29, 0.717) is 6.54 Å². The highest BCUT2D eigenvalue weighted by atomic mass is 19.4. The lowest BCUT2D eigenvalue weighted by atomic mass is 10.2. The van der Waals surface area contributed by atoms with Gasteiger partial charge in [-0.25, -0.2) is 0 Å². The van der Waals surface area contributed by atoms with Crippen molar-refractivity contribution >= 4 is 5.91 Å². The summed E-state index contributed by atoms with van der Waals surface area (Å²) in [4.78, 5) is 12.4. The fourth-order valence-electron chi connectivity index (χ4n) is 1.40. The topological polar surface area (TPSA) is 32.3 Å². The van der Waals surface area contributed by atoms with E-state index in [9.17, 15) is 18.0 Å². The molecule has 0 aromatic rings. The van der Waals surface area contributed by atoms with Crippen molar-refractivity contribution in [3.05, 3.63) is 0 Å². The molecular formula is C10H19F3N2O. The molecule has 0 fully saturated rings. The van der Waals surface area contributed by atoms with Crippen molar-refractivity contribution in [3.8, 4) is 0 Å². The Morgan fingerprint density at radius 1 is 1.38 bits per heavy atom. The predicted octanol–water partition coefficient (Wildman–Crippen LogP) is 1.79. The Balaban J connectivity index is 4.21. The Morgan fingerprint density at radius 3 is 2.31 bits per heavy atom. The SMILES string of the molecule is CCNC(C)CC(=O)N(CC)CC(F)(F)F. The van der Waals surface area contributed by atoms with Gasteiger partial charge in [-0.1, -0.05) is 6.92 Å². The molecule has 1 N–H and O–H groups in total. The smallest absolute Gasteiger partial charge is 0.334 e. The highest BCUT2D eigenvalue weighted by Crippen LogP contribution is 2.17. The minimum Gasteiger partial charge on any atom is -0.334 e. The quantitative estimate of drug-likeness (QED) is 0.767. The lowest BCUT2D eigenvalue weighted by Crippen LogP contribution is -2.41. The highest BCUT2D eigenvalue weighted by Gasteiger charge is 2.32. The van der Waals surface area contributed by atoms with Crippen LogP contribution < -0.4 is 5.32 Å². The predicted molar refractivity (Wildman–Crippen MR) is 56.1 cm³/mol. The van der Waals surface area contributed by atoms with Gasteiger partial charge in [0.1, 0.15) is 6.54 Å². The molecule has 0 bridgehead atoms. The molecule has 0 saturated heterocycles. The molecule has 0 aliphatic heterocycles. The van der Waals surface area contributed by atoms with Crippen molar-refractivity contribution in [1.82, 2.24) is 10.2 Å². The van der Waals surface area contributed by atoms with Gasteiger partial charge in [0, 0.05) is 19.0 Å². The van der Waals surface area contributed by atoms with Gasteiger partial charge in [0.15, 0.2) is 0 Å². The van der Waals surface area contributed by atoms with Gasteiger partial charge in [-0.3, -0.25) is 4.79 Å². The van der Waals surface area contributed by atoms with Crippen LogP contribution in [-0.4, -0.2) is 42.7 Å². The maximum absolute atomic E-state index is 12.1. The number of carbonyl (C=O) groups is 1. The first-order valence-electron chi connectivity index (χ1n) is 5.38. The van der Waals surface area contributed by atoms with Crippen molar-refractivity contribution < 1.29 is 18.0 Å². The first kappa shape index (κ1) is 15.2. The molecule has 1 amide bonds. The van der Waals surface area contributed by atoms with Gasteiger partial charge < -0.3 is 10.2 Å². The number of rotatable bonds is 6. The second-order valence-electron chi connectivity index (χ2n) is 3.69. The van der Waals surface area contributed by atoms with Crippen LogP contribution in [0.25, 0.3) is 0 Å². The molecule has 0 spiro atoms. The molecule has 0 rings (SSSR count). The number of amides is 1. The van der Waals surface area contributed by atoms with Crippen molar-refractivity contribution in [2.24, 2.45) is 0 Å². The van der Waals surface area contributed by atoms with E-state index in [-0.39, 0.29) is 19.0 Å². The minimum absolute atomic E-state index is 0.0805. The third kappa shape index (κ3) is 6.66. The Morgan fingerprint density at radius 2 is 1.94 bits per heavy atom. The maximum atomic E-state index is 12.1. The van der Waals surface area contributed by atoms with Crippen LogP contribution in [0.3, 0.4) is 0 Å². The summed E-state index contributed by atoms with van der Waals surface area (Å²) in [6.45, 7) is 4.82. The molecule has 0 aliphatic carbocycles. The summed E-state index contributed by atoms with van der Waals surface area (Å²) < 4.78 is 36.4. The number of nitrogens with one attached hydrogen (secondary N) is 1. The Bertz CT molecular complexity index is 219. The molecular weight excluding hydrogens is 221 g/mol. The van der Waals surface area contributed by atoms with Crippen LogP contribution in [0.1, 0.15) is 27.2 Å². The van der Waals surface area contributed by atoms with E-state index in [1.165, 1.54) is 0 Å². The summed E-state index contributed by atoms with van der Waals surface area (Å²) in [5.41, 5.74) is 0. The Labute approximate surface area is 94.0 Å². The normalized spacial score (nSPS) is 13.6. The van der Waals surface area contributed by atoms with Gasteiger partial charge in [0.2, 0.25) is 5.91 Å². The van der Waals surface area contributed by atoms with Crippen LogP contribution in [0.2, 0.25) is 0 Å². The van der Waals surface area contributed by atoms with Crippen molar-refractivity contribution in [2.75, 3.05) is 19.6 Å². The minimum atomic E-state index is -4.33. The van der Waals surface area contributed by atoms with E-state index >= 15 is 0 Å². The number of hydrogen-bond donors (Lipinski definition) is 1. The standard InChI is InChI=1S/C10H19F3N2O/c1-4-14-8(3)6-9(16)15(5-2)7-10(11,12)13/h8,14H,4-7H2,1-3H3. The van der Waals surface area contributed by atoms with Gasteiger partial charge in [-0.05, 0) is 20.4 Å². The van der Waals surface area contributed by atoms with E-state index in [4.69, 9.17) is 0 Å². The summed E-state index contributed by atoms with van der Waals surface area (Å²) in [5.74, 6) is -0.465. The Hall–Kier alpha value is -0.780. The van der Waals surface area contributed by atoms with Crippen molar-refractivity contribution in [3.63, 3.8) is 0 Å². The third-order valence-corrected chi connectivity index (χ3v) is 2.14. The number of halogens is 3. The van der Waals surface area contributed by atoms with E-state index in [1.54, 1.807) is 13.8 Å². The third-order valence-electron chi connectivity index (χ3n) is 2.14. The molecule has 0 aliphatic rings. The molecule has 0 radical (unpaired) electrons. The van der Waals surface area contributed by atoms with E-state index < -0.39 is 18.6 Å². The molecule has 0 heterocycles. The van der Waals surface area contributed by atoms with Gasteiger partial charge in [-0.15, -0.1) is 0 Å². The molecule has 96 valence electrons. The highest BCUT2D eigenvalue weighted by molar-refractivity contribution is 5.76. The fraction of sp³-hybridized carbons (Fsp3) is 0.900. The monoisotopic (exact) mass is 240 g/mol. The zero-order chi connectivity index (χ0) is 12.8. The fourth-order valence-corrected chi connectivity index (χ4v) is 1.40. The van der Waals surface area contributed by atoms with Crippen LogP contribution in [-0.2, 0) is 4.79 Å². The van der Waals surface area contributed by atoms with Crippen molar-refractivity contribution in [2.45, 2.75) is 39.4 Å². The second kappa shape index (κ2) is 6.73. The molecule has 3 nitrogen and oxygen atoms in total. The van der Waals surface area contributed by atoms with Gasteiger partial charge in [0.05, 0.1) is 0 Å². The Kier molecular flexibility index (Phi) is 6.40. The summed E-state index contributed by atoms with van der Waals surface area (Å²) in [7, 11) is 0.